The van der Waals surface area contributed by atoms with Crippen LogP contribution in [0.2, 0.25) is 0 Å². The molecule has 1 N–H and O–H groups in total. The first-order valence-electron chi connectivity index (χ1n) is 15.7. The summed E-state index contributed by atoms with van der Waals surface area (Å²) in [7, 11) is 1.74. The first-order chi connectivity index (χ1) is 20.6. The molecule has 2 aliphatic heterocycles. The van der Waals surface area contributed by atoms with Crippen molar-refractivity contribution < 1.29 is 18.7 Å². The number of likely N-dealkylation sites (tertiary alicyclic amines) is 1. The average molecular weight is 600 g/mol. The van der Waals surface area contributed by atoms with E-state index in [1.165, 1.54) is 30.9 Å². The third-order valence-electron chi connectivity index (χ3n) is 8.81. The number of nitrogens with one attached hydrogen (secondary N) is 1. The van der Waals surface area contributed by atoms with E-state index in [1.54, 1.807) is 12.0 Å². The molecule has 0 saturated carbocycles. The molecular weight excluding hydrogens is 549 g/mol. The van der Waals surface area contributed by atoms with E-state index < -0.39 is 5.82 Å². The summed E-state index contributed by atoms with van der Waals surface area (Å²) in [6.07, 6.45) is 4.79. The van der Waals surface area contributed by atoms with Crippen LogP contribution in [0.5, 0.6) is 11.6 Å². The van der Waals surface area contributed by atoms with Crippen LogP contribution in [0, 0.1) is 17.2 Å². The lowest BCUT2D eigenvalue weighted by Gasteiger charge is -2.53. The number of amides is 1. The van der Waals surface area contributed by atoms with Crippen LogP contribution in [0.1, 0.15) is 71.2 Å². The SMILES string of the molecule is CCN(C(=O)c1cc(F)ccc1Oc1nncnc1N1CCC2(C1)CN(C(CCCNC(C)COC)C(C)C)C2)C(C)C. The fraction of sp³-hybridized carbons (Fsp3) is 0.688. The quantitative estimate of drug-likeness (QED) is 0.294. The van der Waals surface area contributed by atoms with Gasteiger partial charge in [-0.05, 0) is 77.6 Å². The van der Waals surface area contributed by atoms with E-state index in [2.05, 4.69) is 51.1 Å². The normalized spacial score (nSPS) is 17.9. The lowest BCUT2D eigenvalue weighted by Crippen LogP contribution is -2.62. The largest absolute Gasteiger partial charge is 0.434 e. The molecule has 1 aromatic carbocycles. The molecule has 238 valence electrons. The predicted octanol–water partition coefficient (Wildman–Crippen LogP) is 4.61. The Hall–Kier alpha value is -2.89. The first-order valence-corrected chi connectivity index (χ1v) is 15.7. The van der Waals surface area contributed by atoms with Crippen LogP contribution in [-0.4, -0.2) is 102 Å². The number of aromatic nitrogens is 3. The summed E-state index contributed by atoms with van der Waals surface area (Å²) in [5, 5.41) is 11.8. The summed E-state index contributed by atoms with van der Waals surface area (Å²) in [5.41, 5.74) is 0.360. The number of benzene rings is 1. The molecular formula is C32H50FN7O3. The molecule has 4 rings (SSSR count). The molecule has 1 spiro atoms. The molecule has 1 aromatic heterocycles. The highest BCUT2D eigenvalue weighted by molar-refractivity contribution is 5.97. The number of ether oxygens (including phenoxy) is 2. The van der Waals surface area contributed by atoms with Gasteiger partial charge in [0, 0.05) is 63.4 Å². The second-order valence-electron chi connectivity index (χ2n) is 12.9. The van der Waals surface area contributed by atoms with Crippen LogP contribution in [0.4, 0.5) is 10.2 Å². The minimum absolute atomic E-state index is 0.0400. The van der Waals surface area contributed by atoms with Gasteiger partial charge in [0.15, 0.2) is 5.82 Å². The minimum atomic E-state index is -0.499. The maximum absolute atomic E-state index is 14.3. The molecule has 10 nitrogen and oxygen atoms in total. The molecule has 2 atom stereocenters. The highest BCUT2D eigenvalue weighted by atomic mass is 19.1. The van der Waals surface area contributed by atoms with Crippen molar-refractivity contribution in [1.29, 1.82) is 0 Å². The van der Waals surface area contributed by atoms with Crippen molar-refractivity contribution in [2.45, 2.75) is 78.9 Å². The van der Waals surface area contributed by atoms with Crippen LogP contribution >= 0.6 is 0 Å². The standard InChI is InChI=1S/C32H50FN7O3/c1-8-40(23(4)5)31(41)26-16-25(33)11-12-28(26)43-30-29(35-21-36-37-30)38-15-13-32(18-38)19-39(20-32)27(22(2)3)10-9-14-34-24(6)17-42-7/h11-12,16,21-24,27,34H,8-10,13-15,17-20H2,1-7H3. The summed E-state index contributed by atoms with van der Waals surface area (Å²) >= 11 is 0. The molecule has 2 fully saturated rings. The Labute approximate surface area is 256 Å². The molecule has 1 amide bonds. The highest BCUT2D eigenvalue weighted by Crippen LogP contribution is 2.44. The molecule has 2 unspecified atom stereocenters. The van der Waals surface area contributed by atoms with E-state index in [4.69, 9.17) is 9.47 Å². The number of halogens is 1. The summed E-state index contributed by atoms with van der Waals surface area (Å²) < 4.78 is 25.7. The van der Waals surface area contributed by atoms with Gasteiger partial charge in [-0.1, -0.05) is 13.8 Å². The fourth-order valence-electron chi connectivity index (χ4n) is 6.63. The topological polar surface area (TPSA) is 96.0 Å². The number of anilines is 1. The van der Waals surface area contributed by atoms with E-state index in [0.717, 1.165) is 52.2 Å². The van der Waals surface area contributed by atoms with Crippen LogP contribution in [0.25, 0.3) is 0 Å². The third-order valence-corrected chi connectivity index (χ3v) is 8.81. The number of hydrogen-bond acceptors (Lipinski definition) is 9. The zero-order valence-electron chi connectivity index (χ0n) is 27.0. The number of hydrogen-bond donors (Lipinski definition) is 1. The summed E-state index contributed by atoms with van der Waals surface area (Å²) in [4.78, 5) is 24.4. The van der Waals surface area contributed by atoms with Gasteiger partial charge in [0.2, 0.25) is 0 Å². The Morgan fingerprint density at radius 3 is 2.63 bits per heavy atom. The number of nitrogens with zero attached hydrogens (tertiary/aromatic N) is 6. The van der Waals surface area contributed by atoms with E-state index in [1.807, 2.05) is 20.8 Å². The minimum Gasteiger partial charge on any atom is -0.434 e. The Bertz CT molecular complexity index is 1210. The van der Waals surface area contributed by atoms with Crippen molar-refractivity contribution in [3.63, 3.8) is 0 Å². The summed E-state index contributed by atoms with van der Waals surface area (Å²) in [5.74, 6) is 0.855. The molecule has 43 heavy (non-hydrogen) atoms. The average Bonchev–Trinajstić information content (AvgIpc) is 3.39. The van der Waals surface area contributed by atoms with Gasteiger partial charge in [-0.15, -0.1) is 10.2 Å². The summed E-state index contributed by atoms with van der Waals surface area (Å²) in [6, 6.07) is 4.87. The second kappa shape index (κ2) is 14.7. The lowest BCUT2D eigenvalue weighted by atomic mass is 9.76. The van der Waals surface area contributed by atoms with E-state index in [-0.39, 0.29) is 34.6 Å². The monoisotopic (exact) mass is 599 g/mol. The van der Waals surface area contributed by atoms with Crippen LogP contribution < -0.4 is 15.0 Å². The van der Waals surface area contributed by atoms with Crippen molar-refractivity contribution in [2.24, 2.45) is 11.3 Å². The van der Waals surface area contributed by atoms with Gasteiger partial charge in [0.1, 0.15) is 17.9 Å². The molecule has 0 radical (unpaired) electrons. The molecule has 3 heterocycles. The van der Waals surface area contributed by atoms with Crippen molar-refractivity contribution in [1.82, 2.24) is 30.3 Å². The van der Waals surface area contributed by atoms with Gasteiger partial charge in [-0.25, -0.2) is 9.37 Å². The van der Waals surface area contributed by atoms with Gasteiger partial charge in [-0.3, -0.25) is 9.69 Å². The van der Waals surface area contributed by atoms with E-state index in [9.17, 15) is 9.18 Å². The number of methoxy groups -OCH3 is 1. The van der Waals surface area contributed by atoms with Gasteiger partial charge in [0.25, 0.3) is 11.8 Å². The second-order valence-corrected chi connectivity index (χ2v) is 12.9. The maximum Gasteiger partial charge on any atom is 0.282 e. The van der Waals surface area contributed by atoms with Crippen LogP contribution in [0.15, 0.2) is 24.5 Å². The number of rotatable bonds is 15. The Morgan fingerprint density at radius 2 is 1.95 bits per heavy atom. The molecule has 11 heteroatoms. The van der Waals surface area contributed by atoms with Gasteiger partial charge < -0.3 is 24.6 Å². The van der Waals surface area contributed by atoms with Gasteiger partial charge in [0.05, 0.1) is 12.2 Å². The predicted molar refractivity (Wildman–Crippen MR) is 166 cm³/mol. The first kappa shape index (κ1) is 33.0. The van der Waals surface area contributed by atoms with Crippen molar-refractivity contribution >= 4 is 11.7 Å². The zero-order valence-corrected chi connectivity index (χ0v) is 27.0. The summed E-state index contributed by atoms with van der Waals surface area (Å²) in [6.45, 7) is 18.6. The molecule has 2 aromatic rings. The number of carbonyl (C=O) groups excluding carboxylic acids is 1. The van der Waals surface area contributed by atoms with E-state index >= 15 is 0 Å². The third kappa shape index (κ3) is 7.99. The highest BCUT2D eigenvalue weighted by Gasteiger charge is 2.50. The lowest BCUT2D eigenvalue weighted by molar-refractivity contribution is -0.0339. The van der Waals surface area contributed by atoms with Crippen LogP contribution in [0.3, 0.4) is 0 Å². The van der Waals surface area contributed by atoms with Crippen molar-refractivity contribution in [3.8, 4) is 11.6 Å². The number of carbonyl (C=O) groups is 1. The molecule has 2 aliphatic rings. The Balaban J connectivity index is 1.41. The smallest absolute Gasteiger partial charge is 0.282 e. The van der Waals surface area contributed by atoms with Crippen LogP contribution in [-0.2, 0) is 4.74 Å². The molecule has 0 aliphatic carbocycles. The molecule has 0 bridgehead atoms. The Kier molecular flexibility index (Phi) is 11.3. The zero-order chi connectivity index (χ0) is 31.1. The van der Waals surface area contributed by atoms with Gasteiger partial charge >= 0.3 is 0 Å². The van der Waals surface area contributed by atoms with Gasteiger partial charge in [-0.2, -0.15) is 0 Å². The Morgan fingerprint density at radius 1 is 1.19 bits per heavy atom. The van der Waals surface area contributed by atoms with E-state index in [0.29, 0.717) is 30.4 Å². The van der Waals surface area contributed by atoms with Crippen molar-refractivity contribution in [2.75, 3.05) is 57.9 Å². The van der Waals surface area contributed by atoms with Crippen molar-refractivity contribution in [3.05, 3.63) is 35.9 Å². The fourth-order valence-corrected chi connectivity index (χ4v) is 6.63. The maximum atomic E-state index is 14.3. The molecule has 2 saturated heterocycles.